The van der Waals surface area contributed by atoms with Gasteiger partial charge in [0.1, 0.15) is 0 Å². The van der Waals surface area contributed by atoms with Crippen LogP contribution in [-0.2, 0) is 26.2 Å². The van der Waals surface area contributed by atoms with E-state index in [1.807, 2.05) is 41.5 Å². The molecule has 12 nitrogen and oxygen atoms in total. The van der Waals surface area contributed by atoms with Crippen LogP contribution in [0.5, 0.6) is 0 Å². The van der Waals surface area contributed by atoms with Gasteiger partial charge < -0.3 is 9.13 Å². The van der Waals surface area contributed by atoms with Gasteiger partial charge in [0.15, 0.2) is 22.3 Å². The highest BCUT2D eigenvalue weighted by molar-refractivity contribution is 5.71. The zero-order chi connectivity index (χ0) is 25.6. The third kappa shape index (κ3) is 3.76. The minimum absolute atomic E-state index is 0.0633. The molecule has 0 aliphatic carbocycles. The Bertz CT molecular complexity index is 1520. The Labute approximate surface area is 200 Å². The molecular formula is C23H32N8O4. The second-order valence-electron chi connectivity index (χ2n) is 9.17. The summed E-state index contributed by atoms with van der Waals surface area (Å²) in [6, 6.07) is -0.399. The summed E-state index contributed by atoms with van der Waals surface area (Å²) in [5.74, 6) is 0. The highest BCUT2D eigenvalue weighted by atomic mass is 16.2. The lowest BCUT2D eigenvalue weighted by atomic mass is 10.3. The number of nitrogens with zero attached hydrogens (tertiary/aromatic N) is 8. The number of imidazole rings is 2. The second kappa shape index (κ2) is 9.16. The van der Waals surface area contributed by atoms with Gasteiger partial charge in [-0.1, -0.05) is 0 Å². The molecule has 12 heteroatoms. The van der Waals surface area contributed by atoms with E-state index in [0.717, 1.165) is 0 Å². The van der Waals surface area contributed by atoms with Crippen LogP contribution in [0.25, 0.3) is 22.3 Å². The molecule has 35 heavy (non-hydrogen) atoms. The number of hydrogen-bond acceptors (Lipinski definition) is 6. The summed E-state index contributed by atoms with van der Waals surface area (Å²) in [4.78, 5) is 61.5. The zero-order valence-electron chi connectivity index (χ0n) is 21.1. The quantitative estimate of drug-likeness (QED) is 0.372. The number of rotatable bonds is 8. The van der Waals surface area contributed by atoms with Gasteiger partial charge in [-0.25, -0.2) is 19.6 Å². The SMILES string of the molecule is CCn1cnc2c1c(=O)n(CCCn1c(=O)c3c(ncn3CC)n(C(C)C)c1=O)c(=O)n2C(C)C. The van der Waals surface area contributed by atoms with Crippen LogP contribution in [0.3, 0.4) is 0 Å². The third-order valence-corrected chi connectivity index (χ3v) is 6.34. The van der Waals surface area contributed by atoms with E-state index in [0.29, 0.717) is 35.4 Å². The highest BCUT2D eigenvalue weighted by Gasteiger charge is 2.21. The van der Waals surface area contributed by atoms with E-state index in [4.69, 9.17) is 0 Å². The summed E-state index contributed by atoms with van der Waals surface area (Å²) in [7, 11) is 0. The van der Waals surface area contributed by atoms with Gasteiger partial charge in [-0.05, 0) is 48.0 Å². The maximum atomic E-state index is 13.3. The van der Waals surface area contributed by atoms with Crippen LogP contribution in [-0.4, -0.2) is 37.4 Å². The Kier molecular flexibility index (Phi) is 6.39. The predicted molar refractivity (Wildman–Crippen MR) is 133 cm³/mol. The predicted octanol–water partition coefficient (Wildman–Crippen LogP) is 1.32. The van der Waals surface area contributed by atoms with Crippen LogP contribution in [0.2, 0.25) is 0 Å². The standard InChI is InChI=1S/C23H32N8O4/c1-7-26-12-24-18-16(26)20(32)28(22(34)30(18)14(3)4)10-9-11-29-21(33)17-19(25-13-27(17)8-2)31(15(5)6)23(29)35/h12-15H,7-11H2,1-6H3. The fraction of sp³-hybridized carbons (Fsp3) is 0.565. The molecule has 0 saturated heterocycles. The molecule has 0 unspecified atom stereocenters. The average Bonchev–Trinajstić information content (AvgIpc) is 3.42. The number of aromatic nitrogens is 8. The monoisotopic (exact) mass is 484 g/mol. The third-order valence-electron chi connectivity index (χ3n) is 6.34. The highest BCUT2D eigenvalue weighted by Crippen LogP contribution is 2.13. The fourth-order valence-corrected chi connectivity index (χ4v) is 4.60. The van der Waals surface area contributed by atoms with Crippen molar-refractivity contribution in [3.05, 3.63) is 54.3 Å². The lowest BCUT2D eigenvalue weighted by Crippen LogP contribution is -2.43. The maximum Gasteiger partial charge on any atom is 0.332 e. The van der Waals surface area contributed by atoms with E-state index < -0.39 is 22.5 Å². The molecule has 0 radical (unpaired) electrons. The van der Waals surface area contributed by atoms with Crippen LogP contribution in [0.15, 0.2) is 31.8 Å². The summed E-state index contributed by atoms with van der Waals surface area (Å²) in [5, 5.41) is 0. The first kappa shape index (κ1) is 24.4. The van der Waals surface area contributed by atoms with Gasteiger partial charge >= 0.3 is 11.4 Å². The molecule has 0 atom stereocenters. The molecule has 4 heterocycles. The molecule has 4 aromatic heterocycles. The maximum absolute atomic E-state index is 13.3. The molecule has 0 aromatic carbocycles. The van der Waals surface area contributed by atoms with Crippen molar-refractivity contribution in [3.8, 4) is 0 Å². The van der Waals surface area contributed by atoms with Crippen molar-refractivity contribution in [2.45, 2.75) is 86.2 Å². The van der Waals surface area contributed by atoms with Crippen LogP contribution >= 0.6 is 0 Å². The minimum Gasteiger partial charge on any atom is -0.325 e. The van der Waals surface area contributed by atoms with Crippen molar-refractivity contribution >= 4 is 22.3 Å². The fourth-order valence-electron chi connectivity index (χ4n) is 4.60. The van der Waals surface area contributed by atoms with Crippen molar-refractivity contribution in [1.29, 1.82) is 0 Å². The first-order valence-electron chi connectivity index (χ1n) is 12.0. The Hall–Kier alpha value is -3.70. The van der Waals surface area contributed by atoms with Gasteiger partial charge in [0, 0.05) is 38.3 Å². The number of aryl methyl sites for hydroxylation is 2. The van der Waals surface area contributed by atoms with E-state index >= 15 is 0 Å². The van der Waals surface area contributed by atoms with Gasteiger partial charge in [-0.3, -0.25) is 27.9 Å². The number of hydrogen-bond donors (Lipinski definition) is 0. The number of fused-ring (bicyclic) bond motifs is 2. The largest absolute Gasteiger partial charge is 0.332 e. The molecule has 0 spiro atoms. The molecule has 0 saturated carbocycles. The van der Waals surface area contributed by atoms with E-state index in [1.165, 1.54) is 18.3 Å². The first-order chi connectivity index (χ1) is 16.6. The van der Waals surface area contributed by atoms with E-state index in [1.54, 1.807) is 21.8 Å². The second-order valence-corrected chi connectivity index (χ2v) is 9.17. The molecule has 4 aromatic rings. The van der Waals surface area contributed by atoms with E-state index in [9.17, 15) is 19.2 Å². The normalized spacial score (nSPS) is 12.1. The average molecular weight is 485 g/mol. The molecule has 4 rings (SSSR count). The lowest BCUT2D eigenvalue weighted by molar-refractivity contribution is 0.466. The van der Waals surface area contributed by atoms with Crippen LogP contribution < -0.4 is 22.5 Å². The zero-order valence-corrected chi connectivity index (χ0v) is 21.1. The summed E-state index contributed by atoms with van der Waals surface area (Å²) < 4.78 is 8.81. The van der Waals surface area contributed by atoms with Crippen LogP contribution in [0.1, 0.15) is 60.0 Å². The van der Waals surface area contributed by atoms with Crippen molar-refractivity contribution in [3.63, 3.8) is 0 Å². The molecular weight excluding hydrogens is 452 g/mol. The molecule has 0 amide bonds. The van der Waals surface area contributed by atoms with Gasteiger partial charge in [0.2, 0.25) is 0 Å². The Balaban J connectivity index is 1.79. The summed E-state index contributed by atoms with van der Waals surface area (Å²) in [5.41, 5.74) is -0.289. The molecule has 0 aliphatic heterocycles. The van der Waals surface area contributed by atoms with Crippen molar-refractivity contribution in [2.75, 3.05) is 0 Å². The Morgan fingerprint density at radius 1 is 0.686 bits per heavy atom. The summed E-state index contributed by atoms with van der Waals surface area (Å²) >= 11 is 0. The lowest BCUT2D eigenvalue weighted by Gasteiger charge is -2.16. The van der Waals surface area contributed by atoms with Crippen molar-refractivity contribution in [1.82, 2.24) is 37.4 Å². The molecule has 0 bridgehead atoms. The summed E-state index contributed by atoms with van der Waals surface area (Å²) in [6.45, 7) is 12.5. The van der Waals surface area contributed by atoms with Gasteiger partial charge in [-0.2, -0.15) is 0 Å². The Morgan fingerprint density at radius 2 is 1.06 bits per heavy atom. The molecule has 0 fully saturated rings. The summed E-state index contributed by atoms with van der Waals surface area (Å²) in [6.07, 6.45) is 3.38. The van der Waals surface area contributed by atoms with E-state index in [2.05, 4.69) is 9.97 Å². The Morgan fingerprint density at radius 3 is 1.37 bits per heavy atom. The minimum atomic E-state index is -0.453. The van der Waals surface area contributed by atoms with Crippen LogP contribution in [0, 0.1) is 0 Å². The van der Waals surface area contributed by atoms with Crippen LogP contribution in [0.4, 0.5) is 0 Å². The first-order valence-corrected chi connectivity index (χ1v) is 12.0. The van der Waals surface area contributed by atoms with Gasteiger partial charge in [0.25, 0.3) is 11.1 Å². The molecule has 188 valence electrons. The van der Waals surface area contributed by atoms with Gasteiger partial charge in [-0.15, -0.1) is 0 Å². The topological polar surface area (TPSA) is 124 Å². The van der Waals surface area contributed by atoms with Crippen molar-refractivity contribution in [2.24, 2.45) is 0 Å². The smallest absolute Gasteiger partial charge is 0.325 e. The van der Waals surface area contributed by atoms with Gasteiger partial charge in [0.05, 0.1) is 12.7 Å². The molecule has 0 N–H and O–H groups in total. The van der Waals surface area contributed by atoms with E-state index in [-0.39, 0.29) is 31.6 Å². The molecule has 0 aliphatic rings. The van der Waals surface area contributed by atoms with Crippen molar-refractivity contribution < 1.29 is 0 Å².